The van der Waals surface area contributed by atoms with Crippen molar-refractivity contribution in [3.05, 3.63) is 34.0 Å². The van der Waals surface area contributed by atoms with Crippen molar-refractivity contribution in [2.24, 2.45) is 0 Å². The highest BCUT2D eigenvalue weighted by molar-refractivity contribution is 7.28. The van der Waals surface area contributed by atoms with Crippen LogP contribution in [0.5, 0.6) is 0 Å². The monoisotopic (exact) mass is 262 g/mol. The van der Waals surface area contributed by atoms with E-state index in [1.54, 1.807) is 22.7 Å². The highest BCUT2D eigenvalue weighted by atomic mass is 32.1. The molecular formula is C14H14OS2. The molecule has 0 saturated carbocycles. The van der Waals surface area contributed by atoms with Gasteiger partial charge in [0.25, 0.3) is 0 Å². The predicted octanol–water partition coefficient (Wildman–Crippen LogP) is 5.04. The first kappa shape index (κ1) is 11.2. The number of rotatable bonds is 2. The van der Waals surface area contributed by atoms with Crippen molar-refractivity contribution in [1.82, 2.24) is 0 Å². The van der Waals surface area contributed by atoms with Crippen molar-refractivity contribution in [2.45, 2.75) is 32.1 Å². The van der Waals surface area contributed by atoms with Gasteiger partial charge in [0, 0.05) is 9.40 Å². The Hall–Kier alpha value is -0.930. The number of fused-ring (bicyclic) bond motifs is 1. The molecule has 1 aliphatic carbocycles. The van der Waals surface area contributed by atoms with Gasteiger partial charge in [-0.1, -0.05) is 12.5 Å². The van der Waals surface area contributed by atoms with Gasteiger partial charge in [0.15, 0.2) is 5.78 Å². The van der Waals surface area contributed by atoms with Crippen LogP contribution in [0, 0.1) is 0 Å². The molecule has 0 bridgehead atoms. The Balaban J connectivity index is 1.90. The van der Waals surface area contributed by atoms with Crippen LogP contribution in [0.4, 0.5) is 0 Å². The number of allylic oxidation sites excluding steroid dienone is 2. The van der Waals surface area contributed by atoms with Gasteiger partial charge in [0.05, 0.1) is 4.88 Å². The Bertz CT molecular complexity index is 545. The molecule has 3 heteroatoms. The Kier molecular flexibility index (Phi) is 3.12. The number of hydrogen-bond donors (Lipinski definition) is 0. The maximum atomic E-state index is 12.4. The fourth-order valence-corrected chi connectivity index (χ4v) is 4.34. The SMILES string of the molecule is O=C(C1=CCCCCC1)c1cc2sccc2s1. The van der Waals surface area contributed by atoms with Gasteiger partial charge in [-0.15, -0.1) is 22.7 Å². The average molecular weight is 262 g/mol. The summed E-state index contributed by atoms with van der Waals surface area (Å²) in [7, 11) is 0. The summed E-state index contributed by atoms with van der Waals surface area (Å²) >= 11 is 3.35. The fraction of sp³-hybridized carbons (Fsp3) is 0.357. The lowest BCUT2D eigenvalue weighted by Gasteiger charge is -2.01. The standard InChI is InChI=1S/C14H14OS2/c15-14(10-5-3-1-2-4-6-10)13-9-12-11(17-13)7-8-16-12/h5,7-9H,1-4,6H2. The number of carbonyl (C=O) groups excluding carboxylic acids is 1. The summed E-state index contributed by atoms with van der Waals surface area (Å²) in [4.78, 5) is 13.3. The van der Waals surface area contributed by atoms with Crippen molar-refractivity contribution < 1.29 is 4.79 Å². The largest absolute Gasteiger partial charge is 0.288 e. The molecular weight excluding hydrogens is 248 g/mol. The molecule has 0 amide bonds. The van der Waals surface area contributed by atoms with Crippen LogP contribution < -0.4 is 0 Å². The van der Waals surface area contributed by atoms with Crippen molar-refractivity contribution in [1.29, 1.82) is 0 Å². The summed E-state index contributed by atoms with van der Waals surface area (Å²) in [5.74, 6) is 0.264. The quantitative estimate of drug-likeness (QED) is 0.693. The molecule has 0 N–H and O–H groups in total. The van der Waals surface area contributed by atoms with E-state index in [-0.39, 0.29) is 5.78 Å². The predicted molar refractivity (Wildman–Crippen MR) is 75.2 cm³/mol. The van der Waals surface area contributed by atoms with Gasteiger partial charge < -0.3 is 0 Å². The van der Waals surface area contributed by atoms with Crippen LogP contribution >= 0.6 is 22.7 Å². The van der Waals surface area contributed by atoms with E-state index in [9.17, 15) is 4.79 Å². The normalized spacial score (nSPS) is 16.8. The molecule has 0 atom stereocenters. The molecule has 1 aliphatic rings. The first-order valence-electron chi connectivity index (χ1n) is 6.05. The van der Waals surface area contributed by atoms with Gasteiger partial charge in [-0.2, -0.15) is 0 Å². The smallest absolute Gasteiger partial charge is 0.198 e. The molecule has 0 unspecified atom stereocenters. The molecule has 3 rings (SSSR count). The third-order valence-corrected chi connectivity index (χ3v) is 5.29. The zero-order valence-electron chi connectivity index (χ0n) is 9.57. The molecule has 2 aromatic rings. The third kappa shape index (κ3) is 2.22. The highest BCUT2D eigenvalue weighted by Crippen LogP contribution is 2.32. The minimum Gasteiger partial charge on any atom is -0.288 e. The van der Waals surface area contributed by atoms with Crippen molar-refractivity contribution in [2.75, 3.05) is 0 Å². The van der Waals surface area contributed by atoms with Gasteiger partial charge >= 0.3 is 0 Å². The number of ketones is 1. The lowest BCUT2D eigenvalue weighted by atomic mass is 10.1. The summed E-state index contributed by atoms with van der Waals surface area (Å²) in [6.07, 6.45) is 7.84. The van der Waals surface area contributed by atoms with E-state index in [0.717, 1.165) is 29.7 Å². The molecule has 17 heavy (non-hydrogen) atoms. The van der Waals surface area contributed by atoms with E-state index in [4.69, 9.17) is 0 Å². The Morgan fingerprint density at radius 2 is 2.12 bits per heavy atom. The Morgan fingerprint density at radius 1 is 1.18 bits per heavy atom. The number of Topliss-reactive ketones (excluding diaryl/α,β-unsaturated/α-hetero) is 1. The molecule has 0 aromatic carbocycles. The van der Waals surface area contributed by atoms with E-state index >= 15 is 0 Å². The minimum atomic E-state index is 0.264. The van der Waals surface area contributed by atoms with Crippen LogP contribution in [0.1, 0.15) is 41.8 Å². The molecule has 0 saturated heterocycles. The average Bonchev–Trinajstić information content (AvgIpc) is 2.80. The second-order valence-corrected chi connectivity index (χ2v) is 6.45. The third-order valence-electron chi connectivity index (χ3n) is 3.20. The minimum absolute atomic E-state index is 0.264. The lowest BCUT2D eigenvalue weighted by Crippen LogP contribution is -2.00. The summed E-state index contributed by atoms with van der Waals surface area (Å²) in [5, 5.41) is 2.08. The maximum absolute atomic E-state index is 12.4. The number of thiophene rings is 2. The van der Waals surface area contributed by atoms with Gasteiger partial charge in [-0.05, 0) is 48.8 Å². The summed E-state index contributed by atoms with van der Waals surface area (Å²) in [6, 6.07) is 4.15. The first-order valence-corrected chi connectivity index (χ1v) is 7.75. The molecule has 0 radical (unpaired) electrons. The zero-order valence-corrected chi connectivity index (χ0v) is 11.2. The van der Waals surface area contributed by atoms with E-state index in [2.05, 4.69) is 23.6 Å². The molecule has 0 fully saturated rings. The van der Waals surface area contributed by atoms with Gasteiger partial charge in [0.2, 0.25) is 0 Å². The summed E-state index contributed by atoms with van der Waals surface area (Å²) in [5.41, 5.74) is 1.04. The molecule has 2 heterocycles. The van der Waals surface area contributed by atoms with Crippen LogP contribution in [-0.2, 0) is 0 Å². The molecule has 1 nitrogen and oxygen atoms in total. The highest BCUT2D eigenvalue weighted by Gasteiger charge is 2.16. The second-order valence-electron chi connectivity index (χ2n) is 4.42. The van der Waals surface area contributed by atoms with Crippen LogP contribution in [0.25, 0.3) is 9.40 Å². The lowest BCUT2D eigenvalue weighted by molar-refractivity contribution is 0.103. The Morgan fingerprint density at radius 3 is 3.00 bits per heavy atom. The van der Waals surface area contributed by atoms with Crippen LogP contribution in [0.3, 0.4) is 0 Å². The van der Waals surface area contributed by atoms with E-state index < -0.39 is 0 Å². The molecule has 88 valence electrons. The van der Waals surface area contributed by atoms with Gasteiger partial charge in [-0.3, -0.25) is 4.79 Å². The number of hydrogen-bond acceptors (Lipinski definition) is 3. The molecule has 2 aromatic heterocycles. The van der Waals surface area contributed by atoms with Crippen LogP contribution in [0.2, 0.25) is 0 Å². The van der Waals surface area contributed by atoms with Gasteiger partial charge in [-0.25, -0.2) is 0 Å². The van der Waals surface area contributed by atoms with E-state index in [0.29, 0.717) is 0 Å². The topological polar surface area (TPSA) is 17.1 Å². The summed E-state index contributed by atoms with van der Waals surface area (Å²) < 4.78 is 2.49. The maximum Gasteiger partial charge on any atom is 0.198 e. The van der Waals surface area contributed by atoms with Crippen molar-refractivity contribution in [3.63, 3.8) is 0 Å². The fourth-order valence-electron chi connectivity index (χ4n) is 2.26. The second kappa shape index (κ2) is 4.75. The molecule has 0 spiro atoms. The van der Waals surface area contributed by atoms with E-state index in [1.165, 1.54) is 22.2 Å². The first-order chi connectivity index (χ1) is 8.34. The van der Waals surface area contributed by atoms with Crippen molar-refractivity contribution >= 4 is 37.9 Å². The van der Waals surface area contributed by atoms with Gasteiger partial charge in [0.1, 0.15) is 0 Å². The van der Waals surface area contributed by atoms with E-state index in [1.807, 2.05) is 0 Å². The zero-order chi connectivity index (χ0) is 11.7. The van der Waals surface area contributed by atoms with Crippen LogP contribution in [0.15, 0.2) is 29.2 Å². The number of carbonyl (C=O) groups is 1. The van der Waals surface area contributed by atoms with Crippen LogP contribution in [-0.4, -0.2) is 5.78 Å². The molecule has 0 aliphatic heterocycles. The summed E-state index contributed by atoms with van der Waals surface area (Å²) in [6.45, 7) is 0. The Labute approximate surface area is 109 Å². The van der Waals surface area contributed by atoms with Crippen molar-refractivity contribution in [3.8, 4) is 0 Å².